The van der Waals surface area contributed by atoms with Crippen LogP contribution in [-0.4, -0.2) is 22.4 Å². The number of rotatable bonds is 3. The molecule has 16 heavy (non-hydrogen) atoms. The maximum absolute atomic E-state index is 11.3. The highest BCUT2D eigenvalue weighted by Gasteiger charge is 2.07. The van der Waals surface area contributed by atoms with E-state index in [1.807, 2.05) is 25.1 Å². The maximum Gasteiger partial charge on any atom is 0.327 e. The number of fused-ring (bicyclic) bond motifs is 1. The number of carbonyl (C=O) groups excluding carboxylic acids is 1. The van der Waals surface area contributed by atoms with Crippen molar-refractivity contribution in [2.24, 2.45) is 0 Å². The standard InChI is InChI=1S/C12H14N2O2/c1-3-16-12(15)8-14-11-5-4-9(2)6-10(11)7-13-14/h4-7H,3,8H2,1-2H3. The Balaban J connectivity index is 2.28. The minimum absolute atomic E-state index is 0.167. The van der Waals surface area contributed by atoms with E-state index in [2.05, 4.69) is 5.10 Å². The highest BCUT2D eigenvalue weighted by atomic mass is 16.5. The van der Waals surface area contributed by atoms with Gasteiger partial charge in [-0.05, 0) is 26.0 Å². The third-order valence-electron chi connectivity index (χ3n) is 2.38. The van der Waals surface area contributed by atoms with Crippen LogP contribution in [-0.2, 0) is 16.1 Å². The predicted octanol–water partition coefficient (Wildman–Crippen LogP) is 1.91. The first kappa shape index (κ1) is 10.7. The van der Waals surface area contributed by atoms with Crippen molar-refractivity contribution in [1.29, 1.82) is 0 Å². The molecule has 1 heterocycles. The first-order valence-electron chi connectivity index (χ1n) is 5.28. The average molecular weight is 218 g/mol. The van der Waals surface area contributed by atoms with Gasteiger partial charge < -0.3 is 4.74 Å². The van der Waals surface area contributed by atoms with Gasteiger partial charge in [-0.2, -0.15) is 5.10 Å². The molecule has 1 aromatic carbocycles. The van der Waals surface area contributed by atoms with Crippen molar-refractivity contribution < 1.29 is 9.53 Å². The van der Waals surface area contributed by atoms with Gasteiger partial charge in [-0.1, -0.05) is 11.6 Å². The number of esters is 1. The molecule has 0 fully saturated rings. The SMILES string of the molecule is CCOC(=O)Cn1ncc2cc(C)ccc21. The maximum atomic E-state index is 11.3. The van der Waals surface area contributed by atoms with E-state index in [1.165, 1.54) is 5.56 Å². The molecule has 0 atom stereocenters. The van der Waals surface area contributed by atoms with E-state index in [9.17, 15) is 4.79 Å². The van der Waals surface area contributed by atoms with Gasteiger partial charge in [0.25, 0.3) is 0 Å². The second kappa shape index (κ2) is 4.35. The summed E-state index contributed by atoms with van der Waals surface area (Å²) in [6, 6.07) is 6.02. The van der Waals surface area contributed by atoms with E-state index < -0.39 is 0 Å². The fourth-order valence-electron chi connectivity index (χ4n) is 1.66. The van der Waals surface area contributed by atoms with Crippen molar-refractivity contribution in [2.75, 3.05) is 6.61 Å². The summed E-state index contributed by atoms with van der Waals surface area (Å²) in [5, 5.41) is 5.22. The monoisotopic (exact) mass is 218 g/mol. The molecule has 0 N–H and O–H groups in total. The Morgan fingerprint density at radius 1 is 1.50 bits per heavy atom. The molecule has 1 aromatic heterocycles. The van der Waals surface area contributed by atoms with Gasteiger partial charge in [-0.3, -0.25) is 9.48 Å². The summed E-state index contributed by atoms with van der Waals surface area (Å²) in [5.41, 5.74) is 2.14. The summed E-state index contributed by atoms with van der Waals surface area (Å²) in [6.45, 7) is 4.39. The number of ether oxygens (including phenoxy) is 1. The normalized spacial score (nSPS) is 10.6. The Bertz CT molecular complexity index is 517. The molecule has 84 valence electrons. The fraction of sp³-hybridized carbons (Fsp3) is 0.333. The highest BCUT2D eigenvalue weighted by Crippen LogP contribution is 2.15. The molecule has 0 spiro atoms. The molecule has 0 saturated carbocycles. The van der Waals surface area contributed by atoms with Gasteiger partial charge in [0.1, 0.15) is 6.54 Å². The Morgan fingerprint density at radius 2 is 2.31 bits per heavy atom. The summed E-state index contributed by atoms with van der Waals surface area (Å²) < 4.78 is 6.55. The van der Waals surface area contributed by atoms with Crippen molar-refractivity contribution in [1.82, 2.24) is 9.78 Å². The Morgan fingerprint density at radius 3 is 3.06 bits per heavy atom. The van der Waals surface area contributed by atoms with Crippen LogP contribution in [0.25, 0.3) is 10.9 Å². The third-order valence-corrected chi connectivity index (χ3v) is 2.38. The quantitative estimate of drug-likeness (QED) is 0.739. The third kappa shape index (κ3) is 2.05. The molecule has 4 heteroatoms. The van der Waals surface area contributed by atoms with Crippen LogP contribution in [0.1, 0.15) is 12.5 Å². The number of hydrogen-bond donors (Lipinski definition) is 0. The fourth-order valence-corrected chi connectivity index (χ4v) is 1.66. The number of aryl methyl sites for hydroxylation is 1. The first-order valence-corrected chi connectivity index (χ1v) is 5.28. The van der Waals surface area contributed by atoms with E-state index in [0.29, 0.717) is 6.61 Å². The molecule has 0 aliphatic rings. The number of benzene rings is 1. The Labute approximate surface area is 93.8 Å². The summed E-state index contributed by atoms with van der Waals surface area (Å²) >= 11 is 0. The van der Waals surface area contributed by atoms with Crippen LogP contribution >= 0.6 is 0 Å². The van der Waals surface area contributed by atoms with Crippen LogP contribution in [0.2, 0.25) is 0 Å². The van der Waals surface area contributed by atoms with Gasteiger partial charge in [0.2, 0.25) is 0 Å². The average Bonchev–Trinajstić information content (AvgIpc) is 2.61. The summed E-state index contributed by atoms with van der Waals surface area (Å²) in [4.78, 5) is 11.3. The van der Waals surface area contributed by atoms with Crippen LogP contribution in [0, 0.1) is 6.92 Å². The van der Waals surface area contributed by atoms with E-state index >= 15 is 0 Å². The van der Waals surface area contributed by atoms with Crippen molar-refractivity contribution in [3.05, 3.63) is 30.0 Å². The van der Waals surface area contributed by atoms with Crippen molar-refractivity contribution in [3.63, 3.8) is 0 Å². The highest BCUT2D eigenvalue weighted by molar-refractivity contribution is 5.81. The van der Waals surface area contributed by atoms with Gasteiger partial charge in [0.15, 0.2) is 0 Å². The van der Waals surface area contributed by atoms with E-state index in [4.69, 9.17) is 4.74 Å². The second-order valence-electron chi connectivity index (χ2n) is 3.67. The van der Waals surface area contributed by atoms with Gasteiger partial charge in [0.05, 0.1) is 18.3 Å². The molecule has 0 bridgehead atoms. The first-order chi connectivity index (χ1) is 7.70. The number of hydrogen-bond acceptors (Lipinski definition) is 3. The van der Waals surface area contributed by atoms with Gasteiger partial charge in [-0.15, -0.1) is 0 Å². The van der Waals surface area contributed by atoms with Crippen molar-refractivity contribution in [3.8, 4) is 0 Å². The van der Waals surface area contributed by atoms with Crippen LogP contribution in [0.5, 0.6) is 0 Å². The van der Waals surface area contributed by atoms with Gasteiger partial charge in [0, 0.05) is 5.39 Å². The smallest absolute Gasteiger partial charge is 0.327 e. The van der Waals surface area contributed by atoms with Crippen LogP contribution in [0.4, 0.5) is 0 Å². The summed E-state index contributed by atoms with van der Waals surface area (Å²) in [5.74, 6) is -0.256. The molecular weight excluding hydrogens is 204 g/mol. The topological polar surface area (TPSA) is 44.1 Å². The van der Waals surface area contributed by atoms with Gasteiger partial charge >= 0.3 is 5.97 Å². The van der Waals surface area contributed by atoms with Crippen molar-refractivity contribution >= 4 is 16.9 Å². The molecule has 0 radical (unpaired) electrons. The lowest BCUT2D eigenvalue weighted by molar-refractivity contribution is -0.143. The summed E-state index contributed by atoms with van der Waals surface area (Å²) in [7, 11) is 0. The molecule has 0 aliphatic heterocycles. The van der Waals surface area contributed by atoms with E-state index in [-0.39, 0.29) is 12.5 Å². The lowest BCUT2D eigenvalue weighted by Crippen LogP contribution is -2.14. The minimum Gasteiger partial charge on any atom is -0.465 e. The molecule has 0 amide bonds. The molecule has 2 rings (SSSR count). The van der Waals surface area contributed by atoms with Crippen LogP contribution in [0.15, 0.2) is 24.4 Å². The van der Waals surface area contributed by atoms with Crippen LogP contribution < -0.4 is 0 Å². The number of aromatic nitrogens is 2. The predicted molar refractivity (Wildman–Crippen MR) is 61.1 cm³/mol. The molecule has 2 aromatic rings. The van der Waals surface area contributed by atoms with Gasteiger partial charge in [-0.25, -0.2) is 0 Å². The lowest BCUT2D eigenvalue weighted by Gasteiger charge is -2.03. The molecule has 0 saturated heterocycles. The summed E-state index contributed by atoms with van der Waals surface area (Å²) in [6.07, 6.45) is 1.77. The Hall–Kier alpha value is -1.84. The van der Waals surface area contributed by atoms with E-state index in [1.54, 1.807) is 17.8 Å². The Kier molecular flexibility index (Phi) is 2.90. The molecule has 4 nitrogen and oxygen atoms in total. The number of nitrogens with zero attached hydrogens (tertiary/aromatic N) is 2. The molecule has 0 unspecified atom stereocenters. The zero-order valence-corrected chi connectivity index (χ0v) is 9.43. The zero-order chi connectivity index (χ0) is 11.5. The second-order valence-corrected chi connectivity index (χ2v) is 3.67. The van der Waals surface area contributed by atoms with Crippen molar-refractivity contribution in [2.45, 2.75) is 20.4 Å². The zero-order valence-electron chi connectivity index (χ0n) is 9.43. The molecule has 0 aliphatic carbocycles. The van der Waals surface area contributed by atoms with E-state index in [0.717, 1.165) is 10.9 Å². The lowest BCUT2D eigenvalue weighted by atomic mass is 10.2. The van der Waals surface area contributed by atoms with Crippen LogP contribution in [0.3, 0.4) is 0 Å². The largest absolute Gasteiger partial charge is 0.465 e. The molecular formula is C12H14N2O2. The number of carbonyl (C=O) groups is 1. The minimum atomic E-state index is -0.256.